The van der Waals surface area contributed by atoms with Crippen LogP contribution in [0.1, 0.15) is 39.5 Å². The fourth-order valence-electron chi connectivity index (χ4n) is 2.21. The van der Waals surface area contributed by atoms with E-state index < -0.39 is 0 Å². The smallest absolute Gasteiger partial charge is 0.0679 e. The molecule has 0 aromatic heterocycles. The van der Waals surface area contributed by atoms with Crippen molar-refractivity contribution in [2.24, 2.45) is 11.8 Å². The lowest BCUT2D eigenvalue weighted by molar-refractivity contribution is 0.114. The second-order valence-corrected chi connectivity index (χ2v) is 4.59. The van der Waals surface area contributed by atoms with Crippen LogP contribution in [0, 0.1) is 5.92 Å². The Bertz CT molecular complexity index is 142. The van der Waals surface area contributed by atoms with E-state index in [-0.39, 0.29) is 0 Å². The molecule has 0 radical (unpaired) electrons. The molecule has 0 aromatic rings. The molecule has 0 unspecified atom stereocenters. The van der Waals surface area contributed by atoms with Crippen LogP contribution in [0.2, 0.25) is 0 Å². The van der Waals surface area contributed by atoms with Gasteiger partial charge in [-0.15, -0.1) is 0 Å². The molecule has 0 atom stereocenters. The Balaban J connectivity index is 2.09. The highest BCUT2D eigenvalue weighted by molar-refractivity contribution is 4.74. The third-order valence-electron chi connectivity index (χ3n) is 3.25. The highest BCUT2D eigenvalue weighted by Crippen LogP contribution is 2.22. The lowest BCUT2D eigenvalue weighted by atomic mass is 9.92. The number of likely N-dealkylation sites (tertiary alicyclic amines) is 1. The molecular formula is C11H24N2O. The van der Waals surface area contributed by atoms with Crippen molar-refractivity contribution in [1.29, 1.82) is 0 Å². The van der Waals surface area contributed by atoms with E-state index >= 15 is 0 Å². The molecule has 84 valence electrons. The maximum atomic E-state index is 5.00. The summed E-state index contributed by atoms with van der Waals surface area (Å²) in [4.78, 5) is 7.15. The fraction of sp³-hybridized carbons (Fsp3) is 1.00. The van der Waals surface area contributed by atoms with Crippen LogP contribution in [-0.2, 0) is 4.84 Å². The van der Waals surface area contributed by atoms with Crippen molar-refractivity contribution in [2.75, 3.05) is 19.7 Å². The molecule has 3 heteroatoms. The lowest BCUT2D eigenvalue weighted by Crippen LogP contribution is -2.38. The number of hydrogen-bond acceptors (Lipinski definition) is 3. The fourth-order valence-corrected chi connectivity index (χ4v) is 2.21. The van der Waals surface area contributed by atoms with Gasteiger partial charge >= 0.3 is 0 Å². The highest BCUT2D eigenvalue weighted by Gasteiger charge is 2.19. The van der Waals surface area contributed by atoms with Gasteiger partial charge in [0, 0.05) is 6.04 Å². The van der Waals surface area contributed by atoms with Crippen LogP contribution in [0.5, 0.6) is 0 Å². The summed E-state index contributed by atoms with van der Waals surface area (Å²) < 4.78 is 0. The zero-order valence-electron chi connectivity index (χ0n) is 9.54. The minimum Gasteiger partial charge on any atom is -0.305 e. The molecule has 14 heavy (non-hydrogen) atoms. The van der Waals surface area contributed by atoms with Gasteiger partial charge < -0.3 is 9.74 Å². The summed E-state index contributed by atoms with van der Waals surface area (Å²) in [6.45, 7) is 7.81. The molecule has 0 aromatic carbocycles. The molecule has 1 heterocycles. The molecule has 1 aliphatic heterocycles. The van der Waals surface area contributed by atoms with Crippen LogP contribution >= 0.6 is 0 Å². The zero-order chi connectivity index (χ0) is 10.4. The van der Waals surface area contributed by atoms with Crippen LogP contribution < -0.4 is 5.90 Å². The molecule has 0 amide bonds. The van der Waals surface area contributed by atoms with Gasteiger partial charge in [0.15, 0.2) is 0 Å². The van der Waals surface area contributed by atoms with Gasteiger partial charge in [-0.1, -0.05) is 0 Å². The van der Waals surface area contributed by atoms with Crippen molar-refractivity contribution in [1.82, 2.24) is 4.90 Å². The molecule has 2 N–H and O–H groups in total. The summed E-state index contributed by atoms with van der Waals surface area (Å²) in [6, 6.07) is 0.711. The second kappa shape index (κ2) is 6.38. The average Bonchev–Trinajstić information content (AvgIpc) is 2.19. The second-order valence-electron chi connectivity index (χ2n) is 4.59. The van der Waals surface area contributed by atoms with Crippen LogP contribution in [0.4, 0.5) is 0 Å². The van der Waals surface area contributed by atoms with E-state index in [1.807, 2.05) is 0 Å². The Labute approximate surface area is 87.6 Å². The number of rotatable bonds is 5. The van der Waals surface area contributed by atoms with E-state index in [1.54, 1.807) is 0 Å². The molecule has 1 saturated heterocycles. The van der Waals surface area contributed by atoms with E-state index in [2.05, 4.69) is 23.6 Å². The number of nitrogens with two attached hydrogens (primary N) is 1. The van der Waals surface area contributed by atoms with Crippen LogP contribution in [0.3, 0.4) is 0 Å². The number of piperidine rings is 1. The number of nitrogens with zero attached hydrogens (tertiary/aromatic N) is 1. The Morgan fingerprint density at radius 3 is 2.50 bits per heavy atom. The highest BCUT2D eigenvalue weighted by atomic mass is 16.6. The normalized spacial score (nSPS) is 20.6. The van der Waals surface area contributed by atoms with E-state index in [0.717, 1.165) is 12.3 Å². The SMILES string of the molecule is CC(C)N1CCC(CCCON)CC1. The van der Waals surface area contributed by atoms with Crippen LogP contribution in [0.15, 0.2) is 0 Å². The van der Waals surface area contributed by atoms with Crippen molar-refractivity contribution in [3.8, 4) is 0 Å². The van der Waals surface area contributed by atoms with E-state index in [4.69, 9.17) is 5.90 Å². The summed E-state index contributed by atoms with van der Waals surface area (Å²) in [5, 5.41) is 0. The van der Waals surface area contributed by atoms with Crippen molar-refractivity contribution in [3.05, 3.63) is 0 Å². The minimum absolute atomic E-state index is 0.711. The summed E-state index contributed by atoms with van der Waals surface area (Å²) >= 11 is 0. The maximum absolute atomic E-state index is 5.00. The summed E-state index contributed by atoms with van der Waals surface area (Å²) in [6.07, 6.45) is 5.09. The standard InChI is InChI=1S/C11H24N2O/c1-10(2)13-7-5-11(6-8-13)4-3-9-14-12/h10-11H,3-9,12H2,1-2H3. The largest absolute Gasteiger partial charge is 0.305 e. The Kier molecular flexibility index (Phi) is 5.45. The predicted octanol–water partition coefficient (Wildman–Crippen LogP) is 1.78. The van der Waals surface area contributed by atoms with Crippen molar-refractivity contribution in [2.45, 2.75) is 45.6 Å². The summed E-state index contributed by atoms with van der Waals surface area (Å²) in [5.74, 6) is 5.90. The topological polar surface area (TPSA) is 38.5 Å². The predicted molar refractivity (Wildman–Crippen MR) is 58.8 cm³/mol. The van der Waals surface area contributed by atoms with Crippen LogP contribution in [-0.4, -0.2) is 30.6 Å². The minimum atomic E-state index is 0.711. The Hall–Kier alpha value is -0.120. The van der Waals surface area contributed by atoms with Gasteiger partial charge in [0.1, 0.15) is 0 Å². The molecule has 3 nitrogen and oxygen atoms in total. The van der Waals surface area contributed by atoms with Gasteiger partial charge in [0.25, 0.3) is 0 Å². The Morgan fingerprint density at radius 2 is 2.00 bits per heavy atom. The third kappa shape index (κ3) is 3.95. The van der Waals surface area contributed by atoms with Crippen molar-refractivity contribution in [3.63, 3.8) is 0 Å². The molecule has 0 bridgehead atoms. The van der Waals surface area contributed by atoms with Crippen LogP contribution in [0.25, 0.3) is 0 Å². The average molecular weight is 200 g/mol. The zero-order valence-corrected chi connectivity index (χ0v) is 9.54. The maximum Gasteiger partial charge on any atom is 0.0679 e. The van der Waals surface area contributed by atoms with Crippen molar-refractivity contribution >= 4 is 0 Å². The molecule has 0 spiro atoms. The van der Waals surface area contributed by atoms with E-state index in [0.29, 0.717) is 12.6 Å². The summed E-state index contributed by atoms with van der Waals surface area (Å²) in [7, 11) is 0. The van der Waals surface area contributed by atoms with Gasteiger partial charge in [-0.05, 0) is 58.5 Å². The molecular weight excluding hydrogens is 176 g/mol. The number of hydrogen-bond donors (Lipinski definition) is 1. The van der Waals surface area contributed by atoms with E-state index in [1.165, 1.54) is 32.4 Å². The first-order chi connectivity index (χ1) is 6.74. The first-order valence-electron chi connectivity index (χ1n) is 5.79. The van der Waals surface area contributed by atoms with Gasteiger partial charge in [-0.3, -0.25) is 0 Å². The quantitative estimate of drug-likeness (QED) is 0.543. The van der Waals surface area contributed by atoms with E-state index in [9.17, 15) is 0 Å². The first-order valence-corrected chi connectivity index (χ1v) is 5.79. The lowest BCUT2D eigenvalue weighted by Gasteiger charge is -2.34. The molecule has 0 aliphatic carbocycles. The van der Waals surface area contributed by atoms with Gasteiger partial charge in [0.05, 0.1) is 6.61 Å². The van der Waals surface area contributed by atoms with Crippen molar-refractivity contribution < 1.29 is 4.84 Å². The third-order valence-corrected chi connectivity index (χ3v) is 3.25. The molecule has 1 rings (SSSR count). The monoisotopic (exact) mass is 200 g/mol. The van der Waals surface area contributed by atoms with Gasteiger partial charge in [0.2, 0.25) is 0 Å². The summed E-state index contributed by atoms with van der Waals surface area (Å²) in [5.41, 5.74) is 0. The molecule has 1 fully saturated rings. The Morgan fingerprint density at radius 1 is 1.36 bits per heavy atom. The van der Waals surface area contributed by atoms with Gasteiger partial charge in [-0.25, -0.2) is 5.90 Å². The first kappa shape index (κ1) is 12.0. The molecule has 1 aliphatic rings. The van der Waals surface area contributed by atoms with Gasteiger partial charge in [-0.2, -0.15) is 0 Å². The molecule has 0 saturated carbocycles.